The van der Waals surface area contributed by atoms with Crippen molar-refractivity contribution in [1.82, 2.24) is 5.32 Å². The highest BCUT2D eigenvalue weighted by molar-refractivity contribution is 5.17. The third kappa shape index (κ3) is 4.77. The van der Waals surface area contributed by atoms with Gasteiger partial charge in [0.05, 0.1) is 0 Å². The maximum Gasteiger partial charge on any atom is 0.123 e. The van der Waals surface area contributed by atoms with Crippen LogP contribution in [0.5, 0.6) is 0 Å². The van der Waals surface area contributed by atoms with Crippen LogP contribution in [-0.4, -0.2) is 12.6 Å². The zero-order chi connectivity index (χ0) is 13.8. The third-order valence-corrected chi connectivity index (χ3v) is 3.92. The molecule has 1 rings (SSSR count). The standard InChI is InChI=1S/C16H26FN/c1-12(2)16(4,5)11-18-13(3)10-14-6-8-15(17)9-7-14/h6-9,12-13,18H,10-11H2,1-5H3. The minimum Gasteiger partial charge on any atom is -0.313 e. The van der Waals surface area contributed by atoms with Crippen LogP contribution in [0.15, 0.2) is 24.3 Å². The van der Waals surface area contributed by atoms with Gasteiger partial charge in [0.25, 0.3) is 0 Å². The first-order chi connectivity index (χ1) is 8.31. The Morgan fingerprint density at radius 2 is 1.67 bits per heavy atom. The van der Waals surface area contributed by atoms with Crippen LogP contribution in [0.4, 0.5) is 4.39 Å². The fourth-order valence-corrected chi connectivity index (χ4v) is 1.69. The quantitative estimate of drug-likeness (QED) is 0.805. The smallest absolute Gasteiger partial charge is 0.123 e. The Hall–Kier alpha value is -0.890. The number of nitrogens with one attached hydrogen (secondary N) is 1. The summed E-state index contributed by atoms with van der Waals surface area (Å²) in [6, 6.07) is 7.19. The van der Waals surface area contributed by atoms with Gasteiger partial charge in [-0.05, 0) is 42.4 Å². The Bertz CT molecular complexity index is 354. The van der Waals surface area contributed by atoms with Crippen LogP contribution in [0.2, 0.25) is 0 Å². The van der Waals surface area contributed by atoms with Crippen LogP contribution in [-0.2, 0) is 6.42 Å². The average molecular weight is 251 g/mol. The summed E-state index contributed by atoms with van der Waals surface area (Å²) >= 11 is 0. The normalized spacial score (nSPS) is 13.9. The predicted molar refractivity (Wildman–Crippen MR) is 76.2 cm³/mol. The van der Waals surface area contributed by atoms with Gasteiger partial charge in [-0.15, -0.1) is 0 Å². The van der Waals surface area contributed by atoms with Gasteiger partial charge in [-0.3, -0.25) is 0 Å². The van der Waals surface area contributed by atoms with Crippen molar-refractivity contribution in [3.05, 3.63) is 35.6 Å². The second-order valence-corrected chi connectivity index (χ2v) is 6.26. The first-order valence-electron chi connectivity index (χ1n) is 6.79. The fraction of sp³-hybridized carbons (Fsp3) is 0.625. The maximum absolute atomic E-state index is 12.8. The van der Waals surface area contributed by atoms with Gasteiger partial charge in [0, 0.05) is 12.6 Å². The van der Waals surface area contributed by atoms with Crippen molar-refractivity contribution in [2.24, 2.45) is 11.3 Å². The molecule has 0 spiro atoms. The van der Waals surface area contributed by atoms with Crippen molar-refractivity contribution < 1.29 is 4.39 Å². The molecule has 1 aromatic carbocycles. The molecule has 0 aliphatic carbocycles. The van der Waals surface area contributed by atoms with Gasteiger partial charge in [-0.25, -0.2) is 4.39 Å². The van der Waals surface area contributed by atoms with Gasteiger partial charge >= 0.3 is 0 Å². The molecule has 1 N–H and O–H groups in total. The number of hydrogen-bond donors (Lipinski definition) is 1. The summed E-state index contributed by atoms with van der Waals surface area (Å²) in [5.74, 6) is 0.489. The Morgan fingerprint density at radius 1 is 1.11 bits per heavy atom. The van der Waals surface area contributed by atoms with Crippen LogP contribution in [0.3, 0.4) is 0 Å². The molecule has 1 atom stereocenters. The summed E-state index contributed by atoms with van der Waals surface area (Å²) in [6.45, 7) is 12.3. The van der Waals surface area contributed by atoms with Gasteiger partial charge in [-0.1, -0.05) is 39.8 Å². The van der Waals surface area contributed by atoms with Crippen molar-refractivity contribution in [3.63, 3.8) is 0 Å². The molecule has 0 heterocycles. The molecule has 1 nitrogen and oxygen atoms in total. The zero-order valence-electron chi connectivity index (χ0n) is 12.3. The Morgan fingerprint density at radius 3 is 2.17 bits per heavy atom. The van der Waals surface area contributed by atoms with Crippen molar-refractivity contribution in [2.45, 2.75) is 47.1 Å². The fourth-order valence-electron chi connectivity index (χ4n) is 1.69. The molecule has 0 aromatic heterocycles. The molecule has 1 unspecified atom stereocenters. The first kappa shape index (κ1) is 15.2. The zero-order valence-corrected chi connectivity index (χ0v) is 12.3. The van der Waals surface area contributed by atoms with E-state index in [1.165, 1.54) is 17.7 Å². The van der Waals surface area contributed by atoms with E-state index >= 15 is 0 Å². The van der Waals surface area contributed by atoms with E-state index < -0.39 is 0 Å². The largest absolute Gasteiger partial charge is 0.313 e. The van der Waals surface area contributed by atoms with Crippen molar-refractivity contribution in [1.29, 1.82) is 0 Å². The SMILES string of the molecule is CC(Cc1ccc(F)cc1)NCC(C)(C)C(C)C. The monoisotopic (exact) mass is 251 g/mol. The molecule has 0 aliphatic heterocycles. The molecule has 102 valence electrons. The molecule has 1 aromatic rings. The number of hydrogen-bond acceptors (Lipinski definition) is 1. The van der Waals surface area contributed by atoms with Crippen LogP contribution >= 0.6 is 0 Å². The van der Waals surface area contributed by atoms with Crippen LogP contribution < -0.4 is 5.32 Å². The van der Waals surface area contributed by atoms with E-state index in [0.717, 1.165) is 13.0 Å². The molecular weight excluding hydrogens is 225 g/mol. The van der Waals surface area contributed by atoms with Crippen molar-refractivity contribution >= 4 is 0 Å². The van der Waals surface area contributed by atoms with E-state index in [4.69, 9.17) is 0 Å². The Labute approximate surface area is 111 Å². The highest BCUT2D eigenvalue weighted by Gasteiger charge is 2.22. The molecule has 0 amide bonds. The molecule has 0 aliphatic rings. The van der Waals surface area contributed by atoms with E-state index in [1.54, 1.807) is 0 Å². The topological polar surface area (TPSA) is 12.0 Å². The summed E-state index contributed by atoms with van der Waals surface area (Å²) in [4.78, 5) is 0. The van der Waals surface area contributed by atoms with E-state index in [2.05, 4.69) is 39.9 Å². The van der Waals surface area contributed by atoms with Gasteiger partial charge in [0.15, 0.2) is 0 Å². The summed E-state index contributed by atoms with van der Waals surface area (Å²) in [6.07, 6.45) is 0.939. The second kappa shape index (κ2) is 6.33. The molecule has 18 heavy (non-hydrogen) atoms. The summed E-state index contributed by atoms with van der Waals surface area (Å²) < 4.78 is 12.8. The molecule has 0 fully saturated rings. The minimum atomic E-state index is -0.166. The molecule has 0 bridgehead atoms. The summed E-state index contributed by atoms with van der Waals surface area (Å²) in [7, 11) is 0. The minimum absolute atomic E-state index is 0.166. The number of rotatable bonds is 6. The van der Waals surface area contributed by atoms with Crippen molar-refractivity contribution in [3.8, 4) is 0 Å². The molecule has 0 saturated carbocycles. The van der Waals surface area contributed by atoms with E-state index in [0.29, 0.717) is 17.4 Å². The van der Waals surface area contributed by atoms with Gasteiger partial charge in [0.1, 0.15) is 5.82 Å². The number of benzene rings is 1. The maximum atomic E-state index is 12.8. The highest BCUT2D eigenvalue weighted by Crippen LogP contribution is 2.24. The molecular formula is C16H26FN. The van der Waals surface area contributed by atoms with Gasteiger partial charge < -0.3 is 5.32 Å². The lowest BCUT2D eigenvalue weighted by Crippen LogP contribution is -2.39. The molecule has 0 radical (unpaired) electrons. The van der Waals surface area contributed by atoms with E-state index in [-0.39, 0.29) is 5.82 Å². The lowest BCUT2D eigenvalue weighted by Gasteiger charge is -2.31. The summed E-state index contributed by atoms with van der Waals surface area (Å²) in [5.41, 5.74) is 1.48. The number of halogens is 1. The predicted octanol–water partition coefficient (Wildman–Crippen LogP) is 4.03. The van der Waals surface area contributed by atoms with Crippen LogP contribution in [0.25, 0.3) is 0 Å². The Kier molecular flexibility index (Phi) is 5.33. The lowest BCUT2D eigenvalue weighted by molar-refractivity contribution is 0.230. The van der Waals surface area contributed by atoms with Gasteiger partial charge in [0.2, 0.25) is 0 Å². The summed E-state index contributed by atoms with van der Waals surface area (Å²) in [5, 5.41) is 3.57. The second-order valence-electron chi connectivity index (χ2n) is 6.26. The van der Waals surface area contributed by atoms with Gasteiger partial charge in [-0.2, -0.15) is 0 Å². The van der Waals surface area contributed by atoms with E-state index in [1.807, 2.05) is 12.1 Å². The molecule has 0 saturated heterocycles. The van der Waals surface area contributed by atoms with Crippen LogP contribution in [0, 0.1) is 17.2 Å². The van der Waals surface area contributed by atoms with Crippen LogP contribution in [0.1, 0.15) is 40.2 Å². The average Bonchev–Trinajstić information content (AvgIpc) is 2.29. The Balaban J connectivity index is 2.42. The molecule has 2 heteroatoms. The lowest BCUT2D eigenvalue weighted by atomic mass is 9.81. The van der Waals surface area contributed by atoms with Crippen molar-refractivity contribution in [2.75, 3.05) is 6.54 Å². The first-order valence-corrected chi connectivity index (χ1v) is 6.79. The highest BCUT2D eigenvalue weighted by atomic mass is 19.1. The van der Waals surface area contributed by atoms with E-state index in [9.17, 15) is 4.39 Å². The third-order valence-electron chi connectivity index (χ3n) is 3.92.